The van der Waals surface area contributed by atoms with Crippen molar-refractivity contribution >= 4 is 23.2 Å². The maximum absolute atomic E-state index is 13.0. The zero-order chi connectivity index (χ0) is 20.4. The summed E-state index contributed by atoms with van der Waals surface area (Å²) in [6, 6.07) is 0. The normalized spacial score (nSPS) is 20.3. The summed E-state index contributed by atoms with van der Waals surface area (Å²) < 4.78 is 5.35. The van der Waals surface area contributed by atoms with Gasteiger partial charge in [-0.3, -0.25) is 14.7 Å². The van der Waals surface area contributed by atoms with E-state index in [1.807, 2.05) is 9.80 Å². The van der Waals surface area contributed by atoms with Crippen LogP contribution < -0.4 is 0 Å². The molecule has 2 aliphatic rings. The number of likely N-dealkylation sites (tertiary alicyclic amines) is 1. The predicted molar refractivity (Wildman–Crippen MR) is 109 cm³/mol. The molecule has 9 heteroatoms. The number of hydrogen-bond acceptors (Lipinski definition) is 6. The van der Waals surface area contributed by atoms with Crippen LogP contribution in [0.25, 0.3) is 0 Å². The summed E-state index contributed by atoms with van der Waals surface area (Å²) in [7, 11) is 0. The number of carbonyl (C=O) groups is 2. The Morgan fingerprint density at radius 2 is 1.97 bits per heavy atom. The molecule has 2 aliphatic heterocycles. The summed E-state index contributed by atoms with van der Waals surface area (Å²) in [5.74, 6) is 0.409. The molecule has 4 heterocycles. The first-order chi connectivity index (χ1) is 14.0. The molecular weight excluding hydrogens is 390 g/mol. The van der Waals surface area contributed by atoms with Crippen LogP contribution in [0.15, 0.2) is 12.4 Å². The van der Waals surface area contributed by atoms with Crippen LogP contribution in [0.1, 0.15) is 69.3 Å². The quantitative estimate of drug-likeness (QED) is 0.825. The minimum atomic E-state index is -0.00969. The first kappa shape index (κ1) is 20.0. The number of aromatic amines is 1. The Hall–Kier alpha value is -2.26. The second-order valence-corrected chi connectivity index (χ2v) is 8.97. The molecule has 2 aromatic rings. The molecule has 1 N–H and O–H groups in total. The van der Waals surface area contributed by atoms with E-state index < -0.39 is 0 Å². The topological polar surface area (TPSA) is 91.4 Å². The highest BCUT2D eigenvalue weighted by Gasteiger charge is 2.31. The number of hydrogen-bond donors (Lipinski definition) is 1. The van der Waals surface area contributed by atoms with E-state index in [-0.39, 0.29) is 17.7 Å². The lowest BCUT2D eigenvalue weighted by molar-refractivity contribution is 0.0301. The van der Waals surface area contributed by atoms with Gasteiger partial charge in [0.1, 0.15) is 4.88 Å². The molecule has 0 radical (unpaired) electrons. The number of nitrogens with zero attached hydrogens (tertiary/aromatic N) is 4. The van der Waals surface area contributed by atoms with Gasteiger partial charge in [0.25, 0.3) is 11.8 Å². The van der Waals surface area contributed by atoms with E-state index in [9.17, 15) is 9.59 Å². The van der Waals surface area contributed by atoms with Gasteiger partial charge in [0.15, 0.2) is 0 Å². The van der Waals surface area contributed by atoms with Crippen molar-refractivity contribution in [1.29, 1.82) is 0 Å². The zero-order valence-corrected chi connectivity index (χ0v) is 17.7. The summed E-state index contributed by atoms with van der Waals surface area (Å²) in [6.45, 7) is 7.80. The Kier molecular flexibility index (Phi) is 5.96. The third-order valence-corrected chi connectivity index (χ3v) is 6.83. The van der Waals surface area contributed by atoms with Crippen LogP contribution in [0.2, 0.25) is 0 Å². The number of thiazole rings is 1. The van der Waals surface area contributed by atoms with Gasteiger partial charge in [-0.15, -0.1) is 11.3 Å². The summed E-state index contributed by atoms with van der Waals surface area (Å²) >= 11 is 1.47. The van der Waals surface area contributed by atoms with Crippen molar-refractivity contribution in [3.63, 3.8) is 0 Å². The third-order valence-electron chi connectivity index (χ3n) is 5.54. The molecule has 2 saturated heterocycles. The van der Waals surface area contributed by atoms with Gasteiger partial charge in [-0.25, -0.2) is 4.98 Å². The molecule has 2 fully saturated rings. The van der Waals surface area contributed by atoms with Gasteiger partial charge in [-0.1, -0.05) is 13.8 Å². The van der Waals surface area contributed by atoms with E-state index in [0.717, 1.165) is 30.1 Å². The van der Waals surface area contributed by atoms with E-state index in [4.69, 9.17) is 4.74 Å². The fourth-order valence-electron chi connectivity index (χ4n) is 3.92. The van der Waals surface area contributed by atoms with Gasteiger partial charge in [-0.2, -0.15) is 5.10 Å². The number of carbonyl (C=O) groups excluding carboxylic acids is 2. The van der Waals surface area contributed by atoms with Crippen molar-refractivity contribution in [2.75, 3.05) is 39.4 Å². The molecule has 0 spiro atoms. The van der Waals surface area contributed by atoms with E-state index in [0.29, 0.717) is 49.2 Å². The summed E-state index contributed by atoms with van der Waals surface area (Å²) in [5.41, 5.74) is 1.46. The molecule has 0 aliphatic carbocycles. The maximum Gasteiger partial charge on any atom is 0.265 e. The Morgan fingerprint density at radius 3 is 2.69 bits per heavy atom. The molecule has 0 bridgehead atoms. The number of rotatable bonds is 4. The van der Waals surface area contributed by atoms with Gasteiger partial charge in [0.05, 0.1) is 41.9 Å². The largest absolute Gasteiger partial charge is 0.378 e. The first-order valence-corrected chi connectivity index (χ1v) is 11.0. The maximum atomic E-state index is 13.0. The van der Waals surface area contributed by atoms with Gasteiger partial charge in [0.2, 0.25) is 0 Å². The van der Waals surface area contributed by atoms with Crippen LogP contribution >= 0.6 is 11.3 Å². The van der Waals surface area contributed by atoms with Gasteiger partial charge < -0.3 is 14.5 Å². The van der Waals surface area contributed by atoms with Crippen LogP contribution in [-0.2, 0) is 4.74 Å². The van der Waals surface area contributed by atoms with Crippen LogP contribution in [0, 0.1) is 0 Å². The second-order valence-electron chi connectivity index (χ2n) is 7.91. The Labute approximate surface area is 174 Å². The molecule has 4 rings (SSSR count). The lowest BCUT2D eigenvalue weighted by atomic mass is 9.92. The highest BCUT2D eigenvalue weighted by molar-refractivity contribution is 7.13. The van der Waals surface area contributed by atoms with Crippen LogP contribution in [-0.4, -0.2) is 76.2 Å². The van der Waals surface area contributed by atoms with E-state index in [1.165, 1.54) is 11.3 Å². The number of amides is 2. The van der Waals surface area contributed by atoms with E-state index in [2.05, 4.69) is 29.0 Å². The molecule has 156 valence electrons. The molecular formula is C20H27N5O3S. The number of aromatic nitrogens is 3. The van der Waals surface area contributed by atoms with Crippen molar-refractivity contribution in [2.45, 2.75) is 38.5 Å². The number of morpholine rings is 1. The number of piperidine rings is 1. The molecule has 0 unspecified atom stereocenters. The fourth-order valence-corrected chi connectivity index (χ4v) is 4.81. The van der Waals surface area contributed by atoms with Crippen molar-refractivity contribution in [2.24, 2.45) is 0 Å². The molecule has 0 aromatic carbocycles. The Bertz CT molecular complexity index is 871. The number of ether oxygens (including phenoxy) is 1. The van der Waals surface area contributed by atoms with Gasteiger partial charge in [-0.05, 0) is 12.8 Å². The third kappa shape index (κ3) is 4.20. The van der Waals surface area contributed by atoms with Crippen LogP contribution in [0.4, 0.5) is 0 Å². The highest BCUT2D eigenvalue weighted by atomic mass is 32.1. The molecule has 8 nitrogen and oxygen atoms in total. The second kappa shape index (κ2) is 8.62. The average molecular weight is 418 g/mol. The SMILES string of the molecule is CC(C)c1ncc(C(=O)N2CCC[C@H](c3[nH]ncc3C(=O)N3CCOCC3)C2)s1. The number of H-pyrrole nitrogens is 1. The van der Waals surface area contributed by atoms with Crippen molar-refractivity contribution < 1.29 is 14.3 Å². The van der Waals surface area contributed by atoms with E-state index in [1.54, 1.807) is 12.4 Å². The monoisotopic (exact) mass is 417 g/mol. The fraction of sp³-hybridized carbons (Fsp3) is 0.600. The highest BCUT2D eigenvalue weighted by Crippen LogP contribution is 2.30. The molecule has 0 saturated carbocycles. The number of nitrogens with one attached hydrogen (secondary N) is 1. The molecule has 1 atom stereocenters. The van der Waals surface area contributed by atoms with Crippen LogP contribution in [0.5, 0.6) is 0 Å². The van der Waals surface area contributed by atoms with Crippen LogP contribution in [0.3, 0.4) is 0 Å². The average Bonchev–Trinajstić information content (AvgIpc) is 3.43. The lowest BCUT2D eigenvalue weighted by Gasteiger charge is -2.33. The van der Waals surface area contributed by atoms with Gasteiger partial charge >= 0.3 is 0 Å². The van der Waals surface area contributed by atoms with E-state index >= 15 is 0 Å². The Balaban J connectivity index is 1.48. The first-order valence-electron chi connectivity index (χ1n) is 10.2. The van der Waals surface area contributed by atoms with Crippen molar-refractivity contribution in [3.8, 4) is 0 Å². The minimum absolute atomic E-state index is 0.00969. The lowest BCUT2D eigenvalue weighted by Crippen LogP contribution is -2.42. The molecule has 2 aromatic heterocycles. The summed E-state index contributed by atoms with van der Waals surface area (Å²) in [4.78, 5) is 34.7. The van der Waals surface area contributed by atoms with Crippen molar-refractivity contribution in [3.05, 3.63) is 33.5 Å². The predicted octanol–water partition coefficient (Wildman–Crippen LogP) is 2.48. The van der Waals surface area contributed by atoms with Crippen molar-refractivity contribution in [1.82, 2.24) is 25.0 Å². The standard InChI is InChI=1S/C20H27N5O3S/c1-13(2)18-21-11-16(29-18)20(27)25-5-3-4-14(12-25)17-15(10-22-23-17)19(26)24-6-8-28-9-7-24/h10-11,13-14H,3-9,12H2,1-2H3,(H,22,23)/t14-/m0/s1. The van der Waals surface area contributed by atoms with Gasteiger partial charge in [0, 0.05) is 38.0 Å². The minimum Gasteiger partial charge on any atom is -0.378 e. The summed E-state index contributed by atoms with van der Waals surface area (Å²) in [6.07, 6.45) is 5.13. The summed E-state index contributed by atoms with van der Waals surface area (Å²) in [5, 5.41) is 8.17. The Morgan fingerprint density at radius 1 is 1.17 bits per heavy atom. The molecule has 2 amide bonds. The zero-order valence-electron chi connectivity index (χ0n) is 16.9. The smallest absolute Gasteiger partial charge is 0.265 e. The molecule has 29 heavy (non-hydrogen) atoms.